The number of carbonyl (C=O) groups excluding carboxylic acids is 1. The summed E-state index contributed by atoms with van der Waals surface area (Å²) in [5, 5.41) is 2.24. The van der Waals surface area contributed by atoms with Crippen molar-refractivity contribution in [2.24, 2.45) is 5.73 Å². The summed E-state index contributed by atoms with van der Waals surface area (Å²) >= 11 is 1.35. The van der Waals surface area contributed by atoms with E-state index < -0.39 is 11.9 Å². The second-order valence-electron chi connectivity index (χ2n) is 6.78. The SMILES string of the molecule is CC(C(N)=O)n1c(Cc2ccccc2)nc2scc(-c3ccc(F)cc3)c2c1=O. The minimum atomic E-state index is -0.848. The van der Waals surface area contributed by atoms with Crippen molar-refractivity contribution in [3.8, 4) is 11.1 Å². The molecule has 0 saturated carbocycles. The fourth-order valence-electron chi connectivity index (χ4n) is 3.32. The van der Waals surface area contributed by atoms with E-state index in [1.54, 1.807) is 19.1 Å². The minimum absolute atomic E-state index is 0.326. The lowest BCUT2D eigenvalue weighted by atomic mass is 10.1. The molecular weight excluding hydrogens is 389 g/mol. The summed E-state index contributed by atoms with van der Waals surface area (Å²) < 4.78 is 14.7. The van der Waals surface area contributed by atoms with Crippen LogP contribution in [0, 0.1) is 5.82 Å². The molecular formula is C22H18FN3O2S. The van der Waals surface area contributed by atoms with Gasteiger partial charge in [0.25, 0.3) is 5.56 Å². The van der Waals surface area contributed by atoms with Gasteiger partial charge in [0.2, 0.25) is 5.91 Å². The molecule has 0 bridgehead atoms. The lowest BCUT2D eigenvalue weighted by molar-refractivity contribution is -0.120. The average Bonchev–Trinajstić information content (AvgIpc) is 3.13. The summed E-state index contributed by atoms with van der Waals surface area (Å²) in [6, 6.07) is 14.7. The summed E-state index contributed by atoms with van der Waals surface area (Å²) in [5.74, 6) is -0.482. The highest BCUT2D eigenvalue weighted by Gasteiger charge is 2.22. The first kappa shape index (κ1) is 19.0. The van der Waals surface area contributed by atoms with Gasteiger partial charge in [-0.2, -0.15) is 0 Å². The van der Waals surface area contributed by atoms with Crippen LogP contribution in [-0.4, -0.2) is 15.5 Å². The first-order valence-corrected chi connectivity index (χ1v) is 9.95. The lowest BCUT2D eigenvalue weighted by Crippen LogP contribution is -2.35. The molecule has 0 fully saturated rings. The molecule has 4 aromatic rings. The Bertz CT molecular complexity index is 1250. The zero-order valence-corrected chi connectivity index (χ0v) is 16.4. The molecule has 0 radical (unpaired) electrons. The smallest absolute Gasteiger partial charge is 0.263 e. The molecule has 1 amide bonds. The molecule has 5 nitrogen and oxygen atoms in total. The van der Waals surface area contributed by atoms with E-state index >= 15 is 0 Å². The fourth-order valence-corrected chi connectivity index (χ4v) is 4.27. The Kier molecular flexibility index (Phi) is 4.98. The summed E-state index contributed by atoms with van der Waals surface area (Å²) in [4.78, 5) is 30.6. The number of amides is 1. The number of hydrogen-bond donors (Lipinski definition) is 1. The van der Waals surface area contributed by atoms with Crippen molar-refractivity contribution in [1.29, 1.82) is 0 Å². The number of nitrogens with zero attached hydrogens (tertiary/aromatic N) is 2. The van der Waals surface area contributed by atoms with Crippen molar-refractivity contribution >= 4 is 27.5 Å². The van der Waals surface area contributed by atoms with E-state index in [9.17, 15) is 14.0 Å². The number of primary amides is 1. The van der Waals surface area contributed by atoms with E-state index in [1.807, 2.05) is 35.7 Å². The fraction of sp³-hybridized carbons (Fsp3) is 0.136. The van der Waals surface area contributed by atoms with E-state index in [0.717, 1.165) is 5.56 Å². The highest BCUT2D eigenvalue weighted by molar-refractivity contribution is 7.17. The lowest BCUT2D eigenvalue weighted by Gasteiger charge is -2.17. The Labute approximate surface area is 170 Å². The van der Waals surface area contributed by atoms with E-state index in [0.29, 0.717) is 33.6 Å². The molecule has 7 heteroatoms. The van der Waals surface area contributed by atoms with E-state index in [4.69, 9.17) is 10.7 Å². The summed E-state index contributed by atoms with van der Waals surface area (Å²) in [7, 11) is 0. The van der Waals surface area contributed by atoms with Crippen molar-refractivity contribution in [3.63, 3.8) is 0 Å². The molecule has 29 heavy (non-hydrogen) atoms. The van der Waals surface area contributed by atoms with Gasteiger partial charge >= 0.3 is 0 Å². The molecule has 2 aromatic heterocycles. The second-order valence-corrected chi connectivity index (χ2v) is 7.64. The van der Waals surface area contributed by atoms with Gasteiger partial charge in [-0.3, -0.25) is 14.2 Å². The molecule has 2 heterocycles. The molecule has 1 unspecified atom stereocenters. The third-order valence-electron chi connectivity index (χ3n) is 4.87. The maximum Gasteiger partial charge on any atom is 0.263 e. The van der Waals surface area contributed by atoms with Crippen LogP contribution in [0.3, 0.4) is 0 Å². The number of benzene rings is 2. The van der Waals surface area contributed by atoms with Crippen LogP contribution < -0.4 is 11.3 Å². The normalized spacial score (nSPS) is 12.2. The molecule has 0 aliphatic rings. The van der Waals surface area contributed by atoms with Gasteiger partial charge < -0.3 is 5.73 Å². The van der Waals surface area contributed by atoms with E-state index in [2.05, 4.69) is 0 Å². The third kappa shape index (κ3) is 3.56. The first-order chi connectivity index (χ1) is 14.0. The molecule has 1 atom stereocenters. The van der Waals surface area contributed by atoms with Gasteiger partial charge in [-0.1, -0.05) is 42.5 Å². The van der Waals surface area contributed by atoms with Crippen LogP contribution in [0.5, 0.6) is 0 Å². The maximum atomic E-state index is 13.5. The van der Waals surface area contributed by atoms with Gasteiger partial charge in [0.15, 0.2) is 0 Å². The Balaban J connectivity index is 1.95. The van der Waals surface area contributed by atoms with Gasteiger partial charge in [0.1, 0.15) is 22.5 Å². The number of nitrogens with two attached hydrogens (primary N) is 1. The predicted octanol–water partition coefficient (Wildman–Crippen LogP) is 3.90. The van der Waals surface area contributed by atoms with Gasteiger partial charge in [0, 0.05) is 17.4 Å². The summed E-state index contributed by atoms with van der Waals surface area (Å²) in [6.45, 7) is 1.59. The number of carbonyl (C=O) groups is 1. The van der Waals surface area contributed by atoms with Gasteiger partial charge in [-0.25, -0.2) is 9.37 Å². The second kappa shape index (κ2) is 7.60. The third-order valence-corrected chi connectivity index (χ3v) is 5.74. The van der Waals surface area contributed by atoms with Crippen LogP contribution in [0.1, 0.15) is 24.4 Å². The standard InChI is InChI=1S/C22H18FN3O2S/c1-13(20(24)27)26-18(11-14-5-3-2-4-6-14)25-21-19(22(26)28)17(12-29-21)15-7-9-16(23)10-8-15/h2-10,12-13H,11H2,1H3,(H2,24,27). The number of halogens is 1. The summed E-state index contributed by atoms with van der Waals surface area (Å²) in [6.07, 6.45) is 0.396. The van der Waals surface area contributed by atoms with Crippen LogP contribution in [-0.2, 0) is 11.2 Å². The summed E-state index contributed by atoms with van der Waals surface area (Å²) in [5.41, 5.74) is 7.54. The molecule has 2 N–H and O–H groups in total. The van der Waals surface area contributed by atoms with Crippen LogP contribution in [0.2, 0.25) is 0 Å². The number of aromatic nitrogens is 2. The van der Waals surface area contributed by atoms with E-state index in [-0.39, 0.29) is 11.4 Å². The molecule has 0 aliphatic heterocycles. The largest absolute Gasteiger partial charge is 0.368 e. The van der Waals surface area contributed by atoms with Crippen LogP contribution in [0.15, 0.2) is 64.8 Å². The zero-order valence-electron chi connectivity index (χ0n) is 15.6. The highest BCUT2D eigenvalue weighted by Crippen LogP contribution is 2.31. The number of fused-ring (bicyclic) bond motifs is 1. The maximum absolute atomic E-state index is 13.5. The monoisotopic (exact) mass is 407 g/mol. The molecule has 0 spiro atoms. The Hall–Kier alpha value is -3.32. The highest BCUT2D eigenvalue weighted by atomic mass is 32.1. The van der Waals surface area contributed by atoms with Crippen molar-refractivity contribution in [2.45, 2.75) is 19.4 Å². The number of thiophene rings is 1. The van der Waals surface area contributed by atoms with E-state index in [1.165, 1.54) is 28.0 Å². The number of rotatable bonds is 5. The van der Waals surface area contributed by atoms with Gasteiger partial charge in [-0.15, -0.1) is 11.3 Å². The van der Waals surface area contributed by atoms with Gasteiger partial charge in [-0.05, 0) is 30.2 Å². The van der Waals surface area contributed by atoms with Crippen molar-refractivity contribution in [1.82, 2.24) is 9.55 Å². The predicted molar refractivity (Wildman–Crippen MR) is 112 cm³/mol. The van der Waals surface area contributed by atoms with Crippen LogP contribution in [0.4, 0.5) is 4.39 Å². The minimum Gasteiger partial charge on any atom is -0.368 e. The van der Waals surface area contributed by atoms with Crippen molar-refractivity contribution in [2.75, 3.05) is 0 Å². The zero-order chi connectivity index (χ0) is 20.5. The Morgan fingerprint density at radius 3 is 2.52 bits per heavy atom. The quantitative estimate of drug-likeness (QED) is 0.545. The van der Waals surface area contributed by atoms with Crippen molar-refractivity contribution in [3.05, 3.63) is 87.5 Å². The molecule has 146 valence electrons. The van der Waals surface area contributed by atoms with Crippen LogP contribution >= 0.6 is 11.3 Å². The molecule has 2 aromatic carbocycles. The Morgan fingerprint density at radius 1 is 1.17 bits per heavy atom. The van der Waals surface area contributed by atoms with Crippen LogP contribution in [0.25, 0.3) is 21.3 Å². The van der Waals surface area contributed by atoms with Gasteiger partial charge in [0.05, 0.1) is 5.39 Å². The number of hydrogen-bond acceptors (Lipinski definition) is 4. The Morgan fingerprint density at radius 2 is 1.86 bits per heavy atom. The topological polar surface area (TPSA) is 78.0 Å². The molecule has 4 rings (SSSR count). The molecule has 0 saturated heterocycles. The first-order valence-electron chi connectivity index (χ1n) is 9.07. The average molecular weight is 407 g/mol. The molecule has 0 aliphatic carbocycles. The van der Waals surface area contributed by atoms with Crippen molar-refractivity contribution < 1.29 is 9.18 Å².